The van der Waals surface area contributed by atoms with Crippen molar-refractivity contribution in [3.63, 3.8) is 0 Å². The molecular weight excluding hydrogens is 240 g/mol. The molecule has 0 aliphatic carbocycles. The number of rotatable bonds is 4. The van der Waals surface area contributed by atoms with Crippen LogP contribution in [0.4, 0.5) is 0 Å². The molecule has 0 aliphatic heterocycles. The molecule has 1 N–H and O–H groups in total. The summed E-state index contributed by atoms with van der Waals surface area (Å²) in [5.74, 6) is -0.512. The van der Waals surface area contributed by atoms with Gasteiger partial charge in [-0.25, -0.2) is 14.8 Å². The minimum Gasteiger partial charge on any atom is -0.477 e. The zero-order valence-corrected chi connectivity index (χ0v) is 11.1. The summed E-state index contributed by atoms with van der Waals surface area (Å²) in [6.07, 6.45) is 1.57. The van der Waals surface area contributed by atoms with Crippen LogP contribution in [0.5, 0.6) is 0 Å². The van der Waals surface area contributed by atoms with Crippen molar-refractivity contribution < 1.29 is 9.90 Å². The summed E-state index contributed by atoms with van der Waals surface area (Å²) in [5, 5.41) is 8.97. The predicted octanol–water partition coefficient (Wildman–Crippen LogP) is 2.58. The normalized spacial score (nSPS) is 10.4. The molecule has 4 nitrogen and oxygen atoms in total. The van der Waals surface area contributed by atoms with Crippen molar-refractivity contribution in [3.05, 3.63) is 58.7 Å². The van der Waals surface area contributed by atoms with Crippen LogP contribution in [-0.2, 0) is 12.8 Å². The number of carbonyl (C=O) groups is 1. The van der Waals surface area contributed by atoms with Gasteiger partial charge in [0.1, 0.15) is 5.82 Å². The fourth-order valence-electron chi connectivity index (χ4n) is 2.02. The van der Waals surface area contributed by atoms with Gasteiger partial charge in [-0.3, -0.25) is 0 Å². The van der Waals surface area contributed by atoms with E-state index >= 15 is 0 Å². The molecular formula is C15H16N2O2. The molecule has 1 aromatic heterocycles. The Morgan fingerprint density at radius 2 is 1.89 bits per heavy atom. The van der Waals surface area contributed by atoms with E-state index in [1.807, 2.05) is 12.1 Å². The van der Waals surface area contributed by atoms with Crippen LogP contribution >= 0.6 is 0 Å². The van der Waals surface area contributed by atoms with Gasteiger partial charge in [0.05, 0.1) is 0 Å². The third-order valence-corrected chi connectivity index (χ3v) is 3.02. The number of carboxylic acids is 1. The van der Waals surface area contributed by atoms with E-state index in [4.69, 9.17) is 5.11 Å². The van der Waals surface area contributed by atoms with Crippen LogP contribution in [0.25, 0.3) is 0 Å². The summed E-state index contributed by atoms with van der Waals surface area (Å²) in [6.45, 7) is 3.78. The van der Waals surface area contributed by atoms with Crippen LogP contribution in [0.2, 0.25) is 0 Å². The molecule has 19 heavy (non-hydrogen) atoms. The summed E-state index contributed by atoms with van der Waals surface area (Å²) in [4.78, 5) is 19.1. The topological polar surface area (TPSA) is 63.1 Å². The summed E-state index contributed by atoms with van der Waals surface area (Å²) < 4.78 is 0. The second kappa shape index (κ2) is 5.61. The Bertz CT molecular complexity index is 609. The summed E-state index contributed by atoms with van der Waals surface area (Å²) in [6, 6.07) is 9.73. The lowest BCUT2D eigenvalue weighted by Gasteiger charge is -2.06. The van der Waals surface area contributed by atoms with Crippen LogP contribution in [0.3, 0.4) is 0 Å². The molecule has 0 amide bonds. The highest BCUT2D eigenvalue weighted by atomic mass is 16.4. The molecule has 0 saturated carbocycles. The van der Waals surface area contributed by atoms with Gasteiger partial charge >= 0.3 is 5.97 Å². The van der Waals surface area contributed by atoms with Crippen LogP contribution in [-0.4, -0.2) is 21.0 Å². The lowest BCUT2D eigenvalue weighted by atomic mass is 10.0. The molecule has 0 unspecified atom stereocenters. The van der Waals surface area contributed by atoms with Gasteiger partial charge in [0, 0.05) is 5.69 Å². The third kappa shape index (κ3) is 3.37. The highest BCUT2D eigenvalue weighted by Crippen LogP contribution is 2.11. The number of nitrogens with zero attached hydrogens (tertiary/aromatic N) is 2. The molecule has 1 heterocycles. The van der Waals surface area contributed by atoms with Gasteiger partial charge in [0.15, 0.2) is 5.69 Å². The van der Waals surface area contributed by atoms with Gasteiger partial charge in [-0.05, 0) is 43.9 Å². The number of aromatic nitrogens is 2. The van der Waals surface area contributed by atoms with Crippen molar-refractivity contribution in [2.45, 2.75) is 26.7 Å². The average Bonchev–Trinajstić information content (AvgIpc) is 2.37. The Kier molecular flexibility index (Phi) is 3.90. The number of hydrogen-bond donors (Lipinski definition) is 1. The highest BCUT2D eigenvalue weighted by Gasteiger charge is 2.08. The van der Waals surface area contributed by atoms with E-state index in [0.29, 0.717) is 12.2 Å². The minimum atomic E-state index is -1.01. The van der Waals surface area contributed by atoms with E-state index in [1.54, 1.807) is 13.0 Å². The van der Waals surface area contributed by atoms with E-state index in [1.165, 1.54) is 11.1 Å². The van der Waals surface area contributed by atoms with Crippen LogP contribution in [0.15, 0.2) is 30.3 Å². The van der Waals surface area contributed by atoms with Gasteiger partial charge < -0.3 is 5.11 Å². The second-order valence-corrected chi connectivity index (χ2v) is 4.52. The van der Waals surface area contributed by atoms with Gasteiger partial charge in [-0.2, -0.15) is 0 Å². The molecule has 4 heteroatoms. The van der Waals surface area contributed by atoms with Gasteiger partial charge in [-0.1, -0.05) is 24.3 Å². The number of carboxylic acid groups (broad SMARTS) is 1. The first-order chi connectivity index (χ1) is 9.06. The van der Waals surface area contributed by atoms with E-state index in [-0.39, 0.29) is 5.69 Å². The van der Waals surface area contributed by atoms with Gasteiger partial charge in [0.25, 0.3) is 0 Å². The van der Waals surface area contributed by atoms with Crippen molar-refractivity contribution >= 4 is 5.97 Å². The molecule has 1 aromatic carbocycles. The lowest BCUT2D eigenvalue weighted by molar-refractivity contribution is 0.0689. The SMILES string of the molecule is Cc1nc(CCc2ccccc2C)cc(C(=O)O)n1. The number of benzene rings is 1. The first kappa shape index (κ1) is 13.2. The predicted molar refractivity (Wildman–Crippen MR) is 72.3 cm³/mol. The number of aryl methyl sites for hydroxylation is 4. The van der Waals surface area contributed by atoms with E-state index in [2.05, 4.69) is 29.0 Å². The quantitative estimate of drug-likeness (QED) is 0.913. The average molecular weight is 256 g/mol. The molecule has 0 bridgehead atoms. The zero-order chi connectivity index (χ0) is 13.8. The smallest absolute Gasteiger partial charge is 0.354 e. The second-order valence-electron chi connectivity index (χ2n) is 4.52. The molecule has 2 aromatic rings. The first-order valence-corrected chi connectivity index (χ1v) is 6.18. The van der Waals surface area contributed by atoms with Crippen molar-refractivity contribution in [3.8, 4) is 0 Å². The fraction of sp³-hybridized carbons (Fsp3) is 0.267. The maximum Gasteiger partial charge on any atom is 0.354 e. The summed E-state index contributed by atoms with van der Waals surface area (Å²) in [5.41, 5.74) is 3.34. The first-order valence-electron chi connectivity index (χ1n) is 6.18. The molecule has 0 fully saturated rings. The molecule has 0 aliphatic rings. The third-order valence-electron chi connectivity index (χ3n) is 3.02. The lowest BCUT2D eigenvalue weighted by Crippen LogP contribution is -2.07. The maximum atomic E-state index is 10.9. The number of aromatic carboxylic acids is 1. The monoisotopic (exact) mass is 256 g/mol. The maximum absolute atomic E-state index is 10.9. The zero-order valence-electron chi connectivity index (χ0n) is 11.1. The molecule has 0 atom stereocenters. The van der Waals surface area contributed by atoms with Crippen molar-refractivity contribution in [2.75, 3.05) is 0 Å². The summed E-state index contributed by atoms with van der Waals surface area (Å²) in [7, 11) is 0. The largest absolute Gasteiger partial charge is 0.477 e. The molecule has 0 spiro atoms. The molecule has 0 radical (unpaired) electrons. The molecule has 0 saturated heterocycles. The van der Waals surface area contributed by atoms with Crippen LogP contribution in [0.1, 0.15) is 33.1 Å². The Labute approximate surface area is 112 Å². The minimum absolute atomic E-state index is 0.0623. The van der Waals surface area contributed by atoms with Gasteiger partial charge in [0.2, 0.25) is 0 Å². The van der Waals surface area contributed by atoms with Crippen LogP contribution in [0, 0.1) is 13.8 Å². The highest BCUT2D eigenvalue weighted by molar-refractivity contribution is 5.85. The number of hydrogen-bond acceptors (Lipinski definition) is 3. The fourth-order valence-corrected chi connectivity index (χ4v) is 2.02. The Morgan fingerprint density at radius 1 is 1.16 bits per heavy atom. The van der Waals surface area contributed by atoms with E-state index in [0.717, 1.165) is 12.1 Å². The van der Waals surface area contributed by atoms with Crippen molar-refractivity contribution in [1.29, 1.82) is 0 Å². The standard InChI is InChI=1S/C15H16N2O2/c1-10-5-3-4-6-12(10)7-8-13-9-14(15(18)19)17-11(2)16-13/h3-6,9H,7-8H2,1-2H3,(H,18,19). The van der Waals surface area contributed by atoms with Crippen molar-refractivity contribution in [2.24, 2.45) is 0 Å². The van der Waals surface area contributed by atoms with E-state index in [9.17, 15) is 4.79 Å². The van der Waals surface area contributed by atoms with Crippen LogP contribution < -0.4 is 0 Å². The van der Waals surface area contributed by atoms with E-state index < -0.39 is 5.97 Å². The molecule has 2 rings (SSSR count). The van der Waals surface area contributed by atoms with Gasteiger partial charge in [-0.15, -0.1) is 0 Å². The summed E-state index contributed by atoms with van der Waals surface area (Å²) >= 11 is 0. The Balaban J connectivity index is 2.16. The Hall–Kier alpha value is -2.23. The Morgan fingerprint density at radius 3 is 2.58 bits per heavy atom. The molecule has 98 valence electrons. The van der Waals surface area contributed by atoms with Crippen molar-refractivity contribution in [1.82, 2.24) is 9.97 Å².